The van der Waals surface area contributed by atoms with Crippen molar-refractivity contribution in [2.45, 2.75) is 11.3 Å². The molecule has 0 heterocycles. The highest BCUT2D eigenvalue weighted by atomic mass is 35.7. The summed E-state index contributed by atoms with van der Waals surface area (Å²) in [7, 11) is 3.54. The van der Waals surface area contributed by atoms with E-state index in [1.165, 1.54) is 19.1 Å². The van der Waals surface area contributed by atoms with Crippen LogP contribution in [-0.4, -0.2) is 46.5 Å². The fourth-order valence-corrected chi connectivity index (χ4v) is 2.54. The topological polar surface area (TPSA) is 63.7 Å². The van der Waals surface area contributed by atoms with Crippen molar-refractivity contribution in [3.8, 4) is 0 Å². The first-order valence-electron chi connectivity index (χ1n) is 5.86. The number of halogens is 3. The summed E-state index contributed by atoms with van der Waals surface area (Å²) in [6, 6.07) is 0.924. The number of nitrogens with zero attached hydrogens (tertiary/aromatic N) is 1. The van der Waals surface area contributed by atoms with E-state index < -0.39 is 37.1 Å². The van der Waals surface area contributed by atoms with Crippen molar-refractivity contribution in [2.75, 3.05) is 27.3 Å². The molecule has 0 spiro atoms. The zero-order chi connectivity index (χ0) is 16.2. The Morgan fingerprint density at radius 1 is 1.33 bits per heavy atom. The van der Waals surface area contributed by atoms with Crippen molar-refractivity contribution in [3.05, 3.63) is 29.3 Å². The molecule has 0 saturated carbocycles. The van der Waals surface area contributed by atoms with E-state index >= 15 is 0 Å². The van der Waals surface area contributed by atoms with Crippen molar-refractivity contribution in [2.24, 2.45) is 0 Å². The van der Waals surface area contributed by atoms with Gasteiger partial charge in [0.15, 0.2) is 0 Å². The highest BCUT2D eigenvalue weighted by molar-refractivity contribution is 8.13. The number of amides is 1. The van der Waals surface area contributed by atoms with E-state index in [0.29, 0.717) is 25.2 Å². The summed E-state index contributed by atoms with van der Waals surface area (Å²) < 4.78 is 54.2. The normalized spacial score (nSPS) is 11.5. The predicted molar refractivity (Wildman–Crippen MR) is 72.9 cm³/mol. The summed E-state index contributed by atoms with van der Waals surface area (Å²) in [5, 5.41) is 0. The van der Waals surface area contributed by atoms with Crippen LogP contribution in [0.5, 0.6) is 0 Å². The van der Waals surface area contributed by atoms with Crippen LogP contribution < -0.4 is 0 Å². The van der Waals surface area contributed by atoms with E-state index in [-0.39, 0.29) is 6.54 Å². The van der Waals surface area contributed by atoms with E-state index in [0.717, 1.165) is 0 Å². The molecule has 0 aliphatic rings. The van der Waals surface area contributed by atoms with Crippen LogP contribution >= 0.6 is 10.7 Å². The van der Waals surface area contributed by atoms with Gasteiger partial charge >= 0.3 is 0 Å². The summed E-state index contributed by atoms with van der Waals surface area (Å²) in [5.41, 5.74) is -0.560. The molecule has 9 heteroatoms. The first-order valence-corrected chi connectivity index (χ1v) is 8.17. The molecular weight excluding hydrogens is 328 g/mol. The number of ether oxygens (including phenoxy) is 1. The smallest absolute Gasteiger partial charge is 0.264 e. The van der Waals surface area contributed by atoms with Crippen molar-refractivity contribution in [1.29, 1.82) is 0 Å². The molecule has 0 aliphatic heterocycles. The Morgan fingerprint density at radius 3 is 2.48 bits per heavy atom. The first kappa shape index (κ1) is 17.8. The monoisotopic (exact) mass is 341 g/mol. The van der Waals surface area contributed by atoms with E-state index in [9.17, 15) is 22.0 Å². The molecule has 1 aromatic carbocycles. The molecule has 0 saturated heterocycles. The molecule has 0 aromatic heterocycles. The third-order valence-electron chi connectivity index (χ3n) is 2.70. The fourth-order valence-electron chi connectivity index (χ4n) is 1.63. The third kappa shape index (κ3) is 4.62. The Balaban J connectivity index is 3.10. The number of hydrogen-bond acceptors (Lipinski definition) is 4. The quantitative estimate of drug-likeness (QED) is 0.586. The van der Waals surface area contributed by atoms with Crippen LogP contribution in [0.2, 0.25) is 0 Å². The van der Waals surface area contributed by atoms with Gasteiger partial charge in [-0.25, -0.2) is 17.2 Å². The van der Waals surface area contributed by atoms with E-state index in [2.05, 4.69) is 0 Å². The maximum atomic E-state index is 13.7. The van der Waals surface area contributed by atoms with Gasteiger partial charge in [0.05, 0.1) is 5.56 Å². The van der Waals surface area contributed by atoms with Gasteiger partial charge in [0.25, 0.3) is 15.0 Å². The van der Waals surface area contributed by atoms with E-state index in [1.54, 1.807) is 0 Å². The number of benzene rings is 1. The van der Waals surface area contributed by atoms with Gasteiger partial charge in [-0.1, -0.05) is 0 Å². The molecule has 1 rings (SSSR count). The Labute approximate surface area is 125 Å². The largest absolute Gasteiger partial charge is 0.385 e. The van der Waals surface area contributed by atoms with Crippen LogP contribution in [-0.2, 0) is 13.8 Å². The lowest BCUT2D eigenvalue weighted by atomic mass is 10.2. The summed E-state index contributed by atoms with van der Waals surface area (Å²) in [6.07, 6.45) is 0.516. The second-order valence-corrected chi connectivity index (χ2v) is 6.81. The summed E-state index contributed by atoms with van der Waals surface area (Å²) in [6.45, 7) is 0.678. The minimum Gasteiger partial charge on any atom is -0.385 e. The minimum absolute atomic E-state index is 0.270. The van der Waals surface area contributed by atoms with Gasteiger partial charge in [-0.2, -0.15) is 0 Å². The van der Waals surface area contributed by atoms with Crippen molar-refractivity contribution in [3.63, 3.8) is 0 Å². The Bertz CT molecular complexity index is 636. The highest BCUT2D eigenvalue weighted by Gasteiger charge is 2.24. The maximum absolute atomic E-state index is 13.7. The Hall–Kier alpha value is -1.25. The maximum Gasteiger partial charge on any atom is 0.264 e. The molecule has 0 fully saturated rings. The number of carbonyl (C=O) groups is 1. The lowest BCUT2D eigenvalue weighted by Crippen LogP contribution is -2.29. The van der Waals surface area contributed by atoms with Crippen molar-refractivity contribution < 1.29 is 26.7 Å². The first-order chi connectivity index (χ1) is 9.68. The summed E-state index contributed by atoms with van der Waals surface area (Å²) in [5.74, 6) is -3.27. The Morgan fingerprint density at radius 2 is 1.95 bits per heavy atom. The molecule has 0 unspecified atom stereocenters. The molecule has 21 heavy (non-hydrogen) atoms. The molecule has 0 bridgehead atoms. The van der Waals surface area contributed by atoms with Gasteiger partial charge < -0.3 is 9.64 Å². The zero-order valence-electron chi connectivity index (χ0n) is 11.4. The molecule has 0 atom stereocenters. The van der Waals surface area contributed by atoms with Gasteiger partial charge in [-0.15, -0.1) is 0 Å². The molecule has 118 valence electrons. The van der Waals surface area contributed by atoms with Crippen LogP contribution in [0.4, 0.5) is 8.78 Å². The number of carbonyl (C=O) groups excluding carboxylic acids is 1. The lowest BCUT2D eigenvalue weighted by Gasteiger charge is -2.17. The number of hydrogen-bond donors (Lipinski definition) is 0. The second kappa shape index (κ2) is 7.15. The molecule has 0 aliphatic carbocycles. The second-order valence-electron chi connectivity index (χ2n) is 4.27. The molecular formula is C12H14ClF2NO4S. The fraction of sp³-hybridized carbons (Fsp3) is 0.417. The van der Waals surface area contributed by atoms with Gasteiger partial charge in [0.1, 0.15) is 16.5 Å². The third-order valence-corrected chi connectivity index (χ3v) is 4.04. The molecule has 0 radical (unpaired) electrons. The lowest BCUT2D eigenvalue weighted by molar-refractivity contribution is 0.0774. The van der Waals surface area contributed by atoms with Crippen LogP contribution in [0, 0.1) is 11.6 Å². The summed E-state index contributed by atoms with van der Waals surface area (Å²) in [4.78, 5) is 12.3. The van der Waals surface area contributed by atoms with Gasteiger partial charge in [-0.3, -0.25) is 4.79 Å². The zero-order valence-corrected chi connectivity index (χ0v) is 13.0. The van der Waals surface area contributed by atoms with Gasteiger partial charge in [0, 0.05) is 44.1 Å². The van der Waals surface area contributed by atoms with Crippen LogP contribution in [0.25, 0.3) is 0 Å². The number of methoxy groups -OCH3 is 1. The minimum atomic E-state index is -4.41. The summed E-state index contributed by atoms with van der Waals surface area (Å²) >= 11 is 0. The SMILES string of the molecule is COCCCN(C)C(=O)c1cc(S(=O)(=O)Cl)c(F)cc1F. The van der Waals surface area contributed by atoms with Gasteiger partial charge in [0.2, 0.25) is 0 Å². The number of rotatable bonds is 6. The van der Waals surface area contributed by atoms with E-state index in [1.807, 2.05) is 0 Å². The van der Waals surface area contributed by atoms with Crippen molar-refractivity contribution in [1.82, 2.24) is 4.90 Å². The van der Waals surface area contributed by atoms with Crippen molar-refractivity contribution >= 4 is 25.6 Å². The standard InChI is InChI=1S/C12H14ClF2NO4S/c1-16(4-3-5-20-2)12(17)8-6-11(21(13,18)19)10(15)7-9(8)14/h6-7H,3-5H2,1-2H3. The molecule has 1 amide bonds. The molecule has 5 nitrogen and oxygen atoms in total. The van der Waals surface area contributed by atoms with Crippen LogP contribution in [0.1, 0.15) is 16.8 Å². The molecule has 1 aromatic rings. The highest BCUT2D eigenvalue weighted by Crippen LogP contribution is 2.23. The predicted octanol–water partition coefficient (Wildman–Crippen LogP) is 2.00. The molecule has 0 N–H and O–H groups in total. The van der Waals surface area contributed by atoms with Gasteiger partial charge in [-0.05, 0) is 12.5 Å². The Kier molecular flexibility index (Phi) is 6.06. The average Bonchev–Trinajstić information content (AvgIpc) is 2.36. The average molecular weight is 342 g/mol. The van der Waals surface area contributed by atoms with Crippen LogP contribution in [0.15, 0.2) is 17.0 Å². The van der Waals surface area contributed by atoms with Crippen LogP contribution in [0.3, 0.4) is 0 Å². The van der Waals surface area contributed by atoms with E-state index in [4.69, 9.17) is 15.4 Å².